The number of carbonyl (C=O) groups is 1. The summed E-state index contributed by atoms with van der Waals surface area (Å²) in [5.41, 5.74) is 5.25. The first-order valence-corrected chi connectivity index (χ1v) is 10.1. The Morgan fingerprint density at radius 2 is 1.48 bits per heavy atom. The standard InChI is InChI=1S/C13H25NO3.C8H17NO/c1-9-8-16-13(5,6)7-10(9)14-11(15)17-12(2,3)4;1-6-5-10-8(2,3)4-7(6)9/h9-10H,7-8H2,1-6H3,(H,14,15);6-7H,4-5,9H2,1-3H3/t9-,10+;6-,7+/m00/s1. The summed E-state index contributed by atoms with van der Waals surface area (Å²) in [5.74, 6) is 0.837. The first kappa shape index (κ1) is 24.2. The molecular weight excluding hydrogens is 344 g/mol. The van der Waals surface area contributed by atoms with Crippen LogP contribution in [-0.4, -0.2) is 48.2 Å². The number of hydrogen-bond acceptors (Lipinski definition) is 5. The molecule has 2 aliphatic heterocycles. The van der Waals surface area contributed by atoms with E-state index in [1.54, 1.807) is 0 Å². The van der Waals surface area contributed by atoms with E-state index in [0.29, 0.717) is 24.5 Å². The van der Waals surface area contributed by atoms with E-state index >= 15 is 0 Å². The molecule has 4 atom stereocenters. The Balaban J connectivity index is 0.000000309. The molecule has 0 aliphatic carbocycles. The lowest BCUT2D eigenvalue weighted by Gasteiger charge is -2.39. The van der Waals surface area contributed by atoms with Gasteiger partial charge in [0.1, 0.15) is 5.60 Å². The van der Waals surface area contributed by atoms with Crippen LogP contribution in [0.5, 0.6) is 0 Å². The Hall–Kier alpha value is -0.850. The summed E-state index contributed by atoms with van der Waals surface area (Å²) in [6.45, 7) is 19.6. The van der Waals surface area contributed by atoms with Gasteiger partial charge in [0.05, 0.1) is 24.4 Å². The molecular formula is C21H42N2O4. The van der Waals surface area contributed by atoms with E-state index in [9.17, 15) is 4.79 Å². The quantitative estimate of drug-likeness (QED) is 0.715. The van der Waals surface area contributed by atoms with Gasteiger partial charge in [-0.3, -0.25) is 0 Å². The van der Waals surface area contributed by atoms with E-state index in [0.717, 1.165) is 19.4 Å². The van der Waals surface area contributed by atoms with E-state index in [1.807, 2.05) is 34.6 Å². The summed E-state index contributed by atoms with van der Waals surface area (Å²) in [6, 6.07) is 0.442. The van der Waals surface area contributed by atoms with Crippen LogP contribution >= 0.6 is 0 Å². The van der Waals surface area contributed by atoms with E-state index in [2.05, 4.69) is 33.0 Å². The van der Waals surface area contributed by atoms with Gasteiger partial charge in [-0.15, -0.1) is 0 Å². The van der Waals surface area contributed by atoms with Crippen molar-refractivity contribution < 1.29 is 19.0 Å². The van der Waals surface area contributed by atoms with Crippen molar-refractivity contribution in [1.29, 1.82) is 0 Å². The molecule has 0 bridgehead atoms. The monoisotopic (exact) mass is 386 g/mol. The third kappa shape index (κ3) is 9.26. The normalized spacial score (nSPS) is 32.7. The second kappa shape index (κ2) is 9.10. The van der Waals surface area contributed by atoms with Crippen molar-refractivity contribution in [3.05, 3.63) is 0 Å². The molecule has 27 heavy (non-hydrogen) atoms. The zero-order valence-corrected chi connectivity index (χ0v) is 18.8. The smallest absolute Gasteiger partial charge is 0.407 e. The maximum absolute atomic E-state index is 11.7. The second-order valence-corrected chi connectivity index (χ2v) is 10.4. The van der Waals surface area contributed by atoms with Gasteiger partial charge in [-0.2, -0.15) is 0 Å². The SMILES string of the molecule is C[C@H]1COC(C)(C)C[C@H]1N.C[C@H]1COC(C)(C)C[C@H]1NC(=O)OC(C)(C)C. The first-order chi connectivity index (χ1) is 12.1. The molecule has 0 saturated carbocycles. The van der Waals surface area contributed by atoms with Crippen LogP contribution in [0.15, 0.2) is 0 Å². The van der Waals surface area contributed by atoms with Gasteiger partial charge >= 0.3 is 6.09 Å². The Bertz CT molecular complexity index is 485. The highest BCUT2D eigenvalue weighted by atomic mass is 16.6. The maximum atomic E-state index is 11.7. The predicted molar refractivity (Wildman–Crippen MR) is 109 cm³/mol. The predicted octanol–water partition coefficient (Wildman–Crippen LogP) is 3.86. The molecule has 3 N–H and O–H groups in total. The number of amides is 1. The minimum absolute atomic E-state index is 0.00588. The van der Waals surface area contributed by atoms with Crippen molar-refractivity contribution >= 4 is 6.09 Å². The average molecular weight is 387 g/mol. The molecule has 0 aromatic heterocycles. The maximum Gasteiger partial charge on any atom is 0.407 e. The molecule has 6 heteroatoms. The third-order valence-electron chi connectivity index (χ3n) is 5.03. The third-order valence-corrected chi connectivity index (χ3v) is 5.03. The highest BCUT2D eigenvalue weighted by Crippen LogP contribution is 2.28. The van der Waals surface area contributed by atoms with Crippen molar-refractivity contribution in [1.82, 2.24) is 5.32 Å². The number of hydrogen-bond donors (Lipinski definition) is 2. The minimum atomic E-state index is -0.450. The fraction of sp³-hybridized carbons (Fsp3) is 0.952. The number of nitrogens with two attached hydrogens (primary N) is 1. The summed E-state index contributed by atoms with van der Waals surface area (Å²) < 4.78 is 16.5. The van der Waals surface area contributed by atoms with Gasteiger partial charge in [0, 0.05) is 12.1 Å². The zero-order valence-electron chi connectivity index (χ0n) is 18.8. The highest BCUT2D eigenvalue weighted by molar-refractivity contribution is 5.68. The van der Waals surface area contributed by atoms with E-state index in [1.165, 1.54) is 0 Å². The van der Waals surface area contributed by atoms with Crippen molar-refractivity contribution in [2.45, 2.75) is 104 Å². The van der Waals surface area contributed by atoms with Crippen LogP contribution in [0.3, 0.4) is 0 Å². The molecule has 0 spiro atoms. The fourth-order valence-corrected chi connectivity index (χ4v) is 3.22. The van der Waals surface area contributed by atoms with Crippen LogP contribution in [0, 0.1) is 11.8 Å². The molecule has 1 amide bonds. The van der Waals surface area contributed by atoms with Crippen LogP contribution in [0.1, 0.15) is 75.2 Å². The number of alkyl carbamates (subject to hydrolysis) is 1. The topological polar surface area (TPSA) is 82.8 Å². The lowest BCUT2D eigenvalue weighted by molar-refractivity contribution is -0.0865. The van der Waals surface area contributed by atoms with Gasteiger partial charge in [-0.05, 0) is 73.1 Å². The summed E-state index contributed by atoms with van der Waals surface area (Å²) in [4.78, 5) is 11.7. The number of nitrogens with one attached hydrogen (secondary N) is 1. The Labute approximate surface area is 165 Å². The molecule has 2 saturated heterocycles. The molecule has 2 rings (SSSR count). The van der Waals surface area contributed by atoms with E-state index in [4.69, 9.17) is 19.9 Å². The zero-order chi connectivity index (χ0) is 21.0. The molecule has 0 unspecified atom stereocenters. The van der Waals surface area contributed by atoms with Gasteiger partial charge in [0.25, 0.3) is 0 Å². The van der Waals surface area contributed by atoms with Gasteiger partial charge in [-0.25, -0.2) is 4.79 Å². The molecule has 2 heterocycles. The lowest BCUT2D eigenvalue weighted by Crippen LogP contribution is -2.51. The molecule has 160 valence electrons. The van der Waals surface area contributed by atoms with Crippen LogP contribution in [-0.2, 0) is 14.2 Å². The van der Waals surface area contributed by atoms with Gasteiger partial charge in [-0.1, -0.05) is 13.8 Å². The van der Waals surface area contributed by atoms with Gasteiger partial charge in [0.2, 0.25) is 0 Å². The van der Waals surface area contributed by atoms with Crippen LogP contribution in [0.25, 0.3) is 0 Å². The molecule has 0 aromatic carbocycles. The fourth-order valence-electron chi connectivity index (χ4n) is 3.22. The van der Waals surface area contributed by atoms with Crippen LogP contribution < -0.4 is 11.1 Å². The summed E-state index contributed by atoms with van der Waals surface area (Å²) >= 11 is 0. The Morgan fingerprint density at radius 3 is 1.93 bits per heavy atom. The second-order valence-electron chi connectivity index (χ2n) is 10.4. The molecule has 2 fully saturated rings. The summed E-state index contributed by atoms with van der Waals surface area (Å²) in [7, 11) is 0. The van der Waals surface area contributed by atoms with Gasteiger partial charge in [0.15, 0.2) is 0 Å². The minimum Gasteiger partial charge on any atom is -0.444 e. The molecule has 6 nitrogen and oxygen atoms in total. The molecule has 0 radical (unpaired) electrons. The molecule has 2 aliphatic rings. The van der Waals surface area contributed by atoms with Crippen LogP contribution in [0.4, 0.5) is 4.79 Å². The van der Waals surface area contributed by atoms with Crippen molar-refractivity contribution in [3.8, 4) is 0 Å². The first-order valence-electron chi connectivity index (χ1n) is 10.1. The highest BCUT2D eigenvalue weighted by Gasteiger charge is 2.35. The largest absolute Gasteiger partial charge is 0.444 e. The molecule has 0 aromatic rings. The van der Waals surface area contributed by atoms with Crippen molar-refractivity contribution in [2.75, 3.05) is 13.2 Å². The summed E-state index contributed by atoms with van der Waals surface area (Å²) in [6.07, 6.45) is 1.45. The van der Waals surface area contributed by atoms with Gasteiger partial charge < -0.3 is 25.3 Å². The number of carbonyl (C=O) groups excluding carboxylic acids is 1. The average Bonchev–Trinajstić information content (AvgIpc) is 2.45. The van der Waals surface area contributed by atoms with E-state index < -0.39 is 5.60 Å². The lowest BCUT2D eigenvalue weighted by atomic mass is 9.88. The van der Waals surface area contributed by atoms with Crippen molar-refractivity contribution in [3.63, 3.8) is 0 Å². The van der Waals surface area contributed by atoms with Crippen molar-refractivity contribution in [2.24, 2.45) is 17.6 Å². The van der Waals surface area contributed by atoms with E-state index in [-0.39, 0.29) is 23.3 Å². The number of rotatable bonds is 1. The Kier molecular flexibility index (Phi) is 8.15. The number of ether oxygens (including phenoxy) is 3. The Morgan fingerprint density at radius 1 is 1.00 bits per heavy atom. The van der Waals surface area contributed by atoms with Crippen LogP contribution in [0.2, 0.25) is 0 Å². The summed E-state index contributed by atoms with van der Waals surface area (Å²) in [5, 5.41) is 2.94.